The van der Waals surface area contributed by atoms with Crippen LogP contribution in [0.5, 0.6) is 0 Å². The van der Waals surface area contributed by atoms with Crippen LogP contribution >= 0.6 is 23.7 Å². The summed E-state index contributed by atoms with van der Waals surface area (Å²) in [4.78, 5) is 7.06. The number of hydrogen-bond acceptors (Lipinski definition) is 4. The fraction of sp³-hybridized carbons (Fsp3) is 0.400. The number of hydrogen-bond donors (Lipinski definition) is 1. The van der Waals surface area contributed by atoms with Crippen LogP contribution in [0.15, 0.2) is 30.5 Å². The molecule has 0 amide bonds. The van der Waals surface area contributed by atoms with Gasteiger partial charge in [0.05, 0.1) is 5.56 Å². The van der Waals surface area contributed by atoms with Gasteiger partial charge in [-0.1, -0.05) is 18.2 Å². The molecule has 1 aromatic carbocycles. The van der Waals surface area contributed by atoms with Gasteiger partial charge >= 0.3 is 6.18 Å². The molecule has 3 rings (SSSR count). The van der Waals surface area contributed by atoms with E-state index in [1.807, 2.05) is 0 Å². The van der Waals surface area contributed by atoms with E-state index >= 15 is 0 Å². The molecule has 1 aromatic heterocycles. The zero-order valence-electron chi connectivity index (χ0n) is 12.2. The van der Waals surface area contributed by atoms with Crippen LogP contribution in [0.2, 0.25) is 0 Å². The molecule has 0 spiro atoms. The Morgan fingerprint density at radius 2 is 1.91 bits per heavy atom. The van der Waals surface area contributed by atoms with Crippen molar-refractivity contribution in [3.63, 3.8) is 0 Å². The lowest BCUT2D eigenvalue weighted by Crippen LogP contribution is -2.26. The summed E-state index contributed by atoms with van der Waals surface area (Å²) in [6.45, 7) is 0.879. The number of nitrogens with zero attached hydrogens (tertiary/aromatic N) is 2. The number of thiazole rings is 1. The van der Waals surface area contributed by atoms with Crippen LogP contribution in [0.1, 0.15) is 28.8 Å². The number of aromatic nitrogens is 1. The number of nitrogen functional groups attached to an aromatic ring is 1. The lowest BCUT2D eigenvalue weighted by atomic mass is 10.1. The molecule has 23 heavy (non-hydrogen) atoms. The topological polar surface area (TPSA) is 42.1 Å². The lowest BCUT2D eigenvalue weighted by molar-refractivity contribution is -0.138. The Morgan fingerprint density at radius 1 is 1.22 bits per heavy atom. The van der Waals surface area contributed by atoms with Crippen molar-refractivity contribution in [1.82, 2.24) is 9.88 Å². The molecular weight excluding hydrogens is 347 g/mol. The van der Waals surface area contributed by atoms with E-state index in [1.54, 1.807) is 18.3 Å². The normalized spacial score (nSPS) is 14.8. The second-order valence-corrected chi connectivity index (χ2v) is 6.60. The molecule has 2 aromatic rings. The fourth-order valence-electron chi connectivity index (χ4n) is 2.50. The Bertz CT molecular complexity index is 655. The molecule has 0 atom stereocenters. The van der Waals surface area contributed by atoms with Gasteiger partial charge in [0.25, 0.3) is 0 Å². The average Bonchev–Trinajstić information content (AvgIpc) is 3.22. The molecule has 1 saturated carbocycles. The van der Waals surface area contributed by atoms with Crippen LogP contribution in [0.25, 0.3) is 0 Å². The van der Waals surface area contributed by atoms with E-state index in [2.05, 4.69) is 9.88 Å². The van der Waals surface area contributed by atoms with Gasteiger partial charge in [-0.3, -0.25) is 4.90 Å². The summed E-state index contributed by atoms with van der Waals surface area (Å²) < 4.78 is 39.3. The van der Waals surface area contributed by atoms with Crippen LogP contribution in [-0.2, 0) is 19.3 Å². The monoisotopic (exact) mass is 363 g/mol. The Balaban J connectivity index is 0.00000192. The molecular formula is C15H17ClF3N3S. The van der Waals surface area contributed by atoms with Gasteiger partial charge in [-0.25, -0.2) is 4.98 Å². The number of alkyl halides is 3. The van der Waals surface area contributed by atoms with E-state index in [9.17, 15) is 13.2 Å². The summed E-state index contributed by atoms with van der Waals surface area (Å²) in [5, 5.41) is 0.487. The number of benzene rings is 1. The summed E-state index contributed by atoms with van der Waals surface area (Å²) in [7, 11) is 0. The number of rotatable bonds is 5. The molecule has 126 valence electrons. The highest BCUT2D eigenvalue weighted by molar-refractivity contribution is 7.15. The van der Waals surface area contributed by atoms with Gasteiger partial charge in [-0.05, 0) is 24.5 Å². The molecule has 1 fully saturated rings. The highest BCUT2D eigenvalue weighted by atomic mass is 35.5. The molecule has 0 bridgehead atoms. The maximum Gasteiger partial charge on any atom is 0.416 e. The first-order valence-corrected chi connectivity index (χ1v) is 7.84. The third-order valence-electron chi connectivity index (χ3n) is 3.69. The minimum Gasteiger partial charge on any atom is -0.375 e. The fourth-order valence-corrected chi connectivity index (χ4v) is 3.21. The molecule has 0 unspecified atom stereocenters. The number of nitrogens with two attached hydrogens (primary N) is 1. The van der Waals surface area contributed by atoms with E-state index < -0.39 is 11.7 Å². The summed E-state index contributed by atoms with van der Waals surface area (Å²) in [6, 6.07) is 6.13. The highest BCUT2D eigenvalue weighted by Crippen LogP contribution is 2.35. The molecule has 0 radical (unpaired) electrons. The van der Waals surface area contributed by atoms with Gasteiger partial charge in [-0.2, -0.15) is 13.2 Å². The maximum absolute atomic E-state index is 13.1. The SMILES string of the molecule is Cl.Nc1ncc(CN(Cc2ccccc2C(F)(F)F)C2CC2)s1. The van der Waals surface area contributed by atoms with Crippen molar-refractivity contribution in [2.45, 2.75) is 38.1 Å². The maximum atomic E-state index is 13.1. The average molecular weight is 364 g/mol. The molecule has 0 aliphatic heterocycles. The van der Waals surface area contributed by atoms with E-state index in [4.69, 9.17) is 5.73 Å². The van der Waals surface area contributed by atoms with Crippen molar-refractivity contribution >= 4 is 28.9 Å². The Labute approximate surface area is 142 Å². The Kier molecular flexibility index (Phi) is 5.54. The molecule has 0 saturated heterocycles. The zero-order chi connectivity index (χ0) is 15.7. The lowest BCUT2D eigenvalue weighted by Gasteiger charge is -2.23. The zero-order valence-corrected chi connectivity index (χ0v) is 13.8. The van der Waals surface area contributed by atoms with Gasteiger partial charge in [-0.15, -0.1) is 23.7 Å². The second kappa shape index (κ2) is 7.07. The van der Waals surface area contributed by atoms with Crippen molar-refractivity contribution in [2.24, 2.45) is 0 Å². The van der Waals surface area contributed by atoms with Crippen molar-refractivity contribution in [3.05, 3.63) is 46.5 Å². The standard InChI is InChI=1S/C15H16F3N3S.ClH/c16-15(17,18)13-4-2-1-3-10(13)8-21(11-5-6-11)9-12-7-20-14(19)22-12;/h1-4,7,11H,5-6,8-9H2,(H2,19,20);1H. The first-order chi connectivity index (χ1) is 10.4. The molecule has 1 heterocycles. The first-order valence-electron chi connectivity index (χ1n) is 7.03. The predicted molar refractivity (Wildman–Crippen MR) is 87.5 cm³/mol. The van der Waals surface area contributed by atoms with Crippen LogP contribution in [-0.4, -0.2) is 15.9 Å². The van der Waals surface area contributed by atoms with Gasteiger partial charge in [0, 0.05) is 30.2 Å². The molecule has 3 nitrogen and oxygen atoms in total. The second-order valence-electron chi connectivity index (χ2n) is 5.46. The van der Waals surface area contributed by atoms with Crippen LogP contribution in [0.3, 0.4) is 0 Å². The van der Waals surface area contributed by atoms with E-state index in [0.717, 1.165) is 23.8 Å². The minimum atomic E-state index is -4.32. The predicted octanol–water partition coefficient (Wildman–Crippen LogP) is 4.33. The van der Waals surface area contributed by atoms with Crippen molar-refractivity contribution < 1.29 is 13.2 Å². The first kappa shape index (κ1) is 18.0. The van der Waals surface area contributed by atoms with Crippen molar-refractivity contribution in [2.75, 3.05) is 5.73 Å². The Hall–Kier alpha value is -1.31. The third-order valence-corrected chi connectivity index (χ3v) is 4.50. The molecule has 1 aliphatic carbocycles. The van der Waals surface area contributed by atoms with Crippen molar-refractivity contribution in [3.8, 4) is 0 Å². The molecule has 1 aliphatic rings. The van der Waals surface area contributed by atoms with Gasteiger partial charge in [0.2, 0.25) is 0 Å². The molecule has 2 N–H and O–H groups in total. The molecule has 8 heteroatoms. The highest BCUT2D eigenvalue weighted by Gasteiger charge is 2.35. The number of halogens is 4. The van der Waals surface area contributed by atoms with Gasteiger partial charge < -0.3 is 5.73 Å². The van der Waals surface area contributed by atoms with Crippen molar-refractivity contribution in [1.29, 1.82) is 0 Å². The van der Waals surface area contributed by atoms with Crippen LogP contribution in [0, 0.1) is 0 Å². The summed E-state index contributed by atoms with van der Waals surface area (Å²) in [6.07, 6.45) is -0.559. The quantitative estimate of drug-likeness (QED) is 0.859. The van der Waals surface area contributed by atoms with Crippen LogP contribution < -0.4 is 5.73 Å². The van der Waals surface area contributed by atoms with E-state index in [0.29, 0.717) is 23.3 Å². The minimum absolute atomic E-state index is 0. The number of anilines is 1. The third kappa shape index (κ3) is 4.59. The summed E-state index contributed by atoms with van der Waals surface area (Å²) in [5.74, 6) is 0. The largest absolute Gasteiger partial charge is 0.416 e. The Morgan fingerprint density at radius 3 is 2.48 bits per heavy atom. The van der Waals surface area contributed by atoms with E-state index in [-0.39, 0.29) is 19.0 Å². The van der Waals surface area contributed by atoms with Crippen LogP contribution in [0.4, 0.5) is 18.3 Å². The van der Waals surface area contributed by atoms with Gasteiger partial charge in [0.15, 0.2) is 5.13 Å². The van der Waals surface area contributed by atoms with Gasteiger partial charge in [0.1, 0.15) is 0 Å². The summed E-state index contributed by atoms with van der Waals surface area (Å²) in [5.41, 5.74) is 5.39. The van der Waals surface area contributed by atoms with E-state index in [1.165, 1.54) is 17.4 Å². The summed E-state index contributed by atoms with van der Waals surface area (Å²) >= 11 is 1.38. The smallest absolute Gasteiger partial charge is 0.375 e.